The SMILES string of the molecule is COc1ccc(OC)c(Sc2nc3c([nH]2)c(=N)ncn3CCc2ccc(O)cc2)c1. The van der Waals surface area contributed by atoms with Crippen molar-refractivity contribution in [3.8, 4) is 17.2 Å². The van der Waals surface area contributed by atoms with Gasteiger partial charge < -0.3 is 24.1 Å². The van der Waals surface area contributed by atoms with E-state index in [1.807, 2.05) is 34.9 Å². The Kier molecular flexibility index (Phi) is 5.62. The standard InChI is InChI=1S/C21H21N5O3S/c1-28-15-7-8-16(29-2)17(11-15)30-21-24-18-19(22)23-12-26(20(18)25-21)10-9-13-3-5-14(27)6-4-13/h3-8,11-12,22,27H,9-10H2,1-2H3,(H,24,25). The Morgan fingerprint density at radius 1 is 1.13 bits per heavy atom. The molecule has 0 radical (unpaired) electrons. The van der Waals surface area contributed by atoms with Crippen LogP contribution in [0.4, 0.5) is 0 Å². The Hall–Kier alpha value is -3.46. The van der Waals surface area contributed by atoms with Crippen LogP contribution in [0.5, 0.6) is 17.2 Å². The lowest BCUT2D eigenvalue weighted by Gasteiger charge is -2.08. The zero-order valence-corrected chi connectivity index (χ0v) is 17.4. The molecule has 0 amide bonds. The molecule has 9 heteroatoms. The summed E-state index contributed by atoms with van der Waals surface area (Å²) < 4.78 is 12.7. The van der Waals surface area contributed by atoms with E-state index in [4.69, 9.17) is 19.9 Å². The van der Waals surface area contributed by atoms with Gasteiger partial charge in [-0.3, -0.25) is 5.41 Å². The number of nitrogens with one attached hydrogen (secondary N) is 2. The third kappa shape index (κ3) is 4.11. The van der Waals surface area contributed by atoms with Crippen molar-refractivity contribution in [2.75, 3.05) is 14.2 Å². The minimum absolute atomic E-state index is 0.142. The van der Waals surface area contributed by atoms with Crippen LogP contribution in [0.15, 0.2) is 58.8 Å². The number of aryl methyl sites for hydroxylation is 2. The zero-order chi connectivity index (χ0) is 21.1. The lowest BCUT2D eigenvalue weighted by molar-refractivity contribution is 0.394. The molecule has 0 saturated heterocycles. The van der Waals surface area contributed by atoms with Crippen molar-refractivity contribution in [1.82, 2.24) is 19.5 Å². The van der Waals surface area contributed by atoms with Gasteiger partial charge in [0.2, 0.25) is 0 Å². The zero-order valence-electron chi connectivity index (χ0n) is 16.5. The van der Waals surface area contributed by atoms with E-state index in [0.29, 0.717) is 28.6 Å². The van der Waals surface area contributed by atoms with Crippen LogP contribution in [-0.4, -0.2) is 38.8 Å². The molecule has 4 aromatic rings. The lowest BCUT2D eigenvalue weighted by Crippen LogP contribution is -2.13. The van der Waals surface area contributed by atoms with Gasteiger partial charge in [0.05, 0.1) is 25.4 Å². The number of benzene rings is 2. The predicted molar refractivity (Wildman–Crippen MR) is 113 cm³/mol. The second-order valence-corrected chi connectivity index (χ2v) is 7.59. The fraction of sp³-hybridized carbons (Fsp3) is 0.190. The van der Waals surface area contributed by atoms with Crippen molar-refractivity contribution in [2.24, 2.45) is 0 Å². The summed E-state index contributed by atoms with van der Waals surface area (Å²) in [6.07, 6.45) is 2.38. The molecule has 0 saturated carbocycles. The fourth-order valence-electron chi connectivity index (χ4n) is 3.05. The number of aromatic amines is 1. The molecule has 154 valence electrons. The van der Waals surface area contributed by atoms with Crippen LogP contribution in [0.25, 0.3) is 11.2 Å². The summed E-state index contributed by atoms with van der Waals surface area (Å²) in [6.45, 7) is 0.645. The summed E-state index contributed by atoms with van der Waals surface area (Å²) in [4.78, 5) is 12.9. The molecule has 8 nitrogen and oxygen atoms in total. The summed E-state index contributed by atoms with van der Waals surface area (Å²) >= 11 is 1.40. The number of rotatable bonds is 7. The van der Waals surface area contributed by atoms with Crippen LogP contribution in [0.3, 0.4) is 0 Å². The second-order valence-electron chi connectivity index (χ2n) is 6.56. The van der Waals surface area contributed by atoms with E-state index >= 15 is 0 Å². The van der Waals surface area contributed by atoms with Crippen LogP contribution in [0.1, 0.15) is 5.56 Å². The number of fused-ring (bicyclic) bond motifs is 1. The molecule has 0 aliphatic rings. The predicted octanol–water partition coefficient (Wildman–Crippen LogP) is 3.36. The van der Waals surface area contributed by atoms with E-state index in [1.54, 1.807) is 32.7 Å². The summed E-state index contributed by atoms with van der Waals surface area (Å²) in [5, 5.41) is 18.2. The Labute approximate surface area is 177 Å². The number of imidazole rings is 1. The third-order valence-electron chi connectivity index (χ3n) is 4.65. The number of phenols is 1. The normalized spacial score (nSPS) is 11.0. The largest absolute Gasteiger partial charge is 0.508 e. The van der Waals surface area contributed by atoms with Crippen LogP contribution in [0, 0.1) is 5.41 Å². The first-order chi connectivity index (χ1) is 14.6. The Morgan fingerprint density at radius 2 is 1.93 bits per heavy atom. The van der Waals surface area contributed by atoms with Crippen molar-refractivity contribution in [1.29, 1.82) is 5.41 Å². The van der Waals surface area contributed by atoms with Gasteiger partial charge in [-0.2, -0.15) is 0 Å². The smallest absolute Gasteiger partial charge is 0.173 e. The summed E-state index contributed by atoms with van der Waals surface area (Å²) in [5.41, 5.74) is 2.48. The van der Waals surface area contributed by atoms with Crippen molar-refractivity contribution in [3.05, 3.63) is 59.8 Å². The van der Waals surface area contributed by atoms with E-state index in [-0.39, 0.29) is 11.2 Å². The van der Waals surface area contributed by atoms with Crippen molar-refractivity contribution < 1.29 is 14.6 Å². The van der Waals surface area contributed by atoms with Gasteiger partial charge in [-0.15, -0.1) is 0 Å². The maximum atomic E-state index is 9.44. The van der Waals surface area contributed by atoms with Gasteiger partial charge in [-0.05, 0) is 54.1 Å². The van der Waals surface area contributed by atoms with E-state index in [1.165, 1.54) is 11.8 Å². The number of H-pyrrole nitrogens is 1. The molecule has 0 aliphatic heterocycles. The molecule has 0 aliphatic carbocycles. The molecule has 0 atom stereocenters. The Balaban J connectivity index is 1.64. The van der Waals surface area contributed by atoms with Crippen molar-refractivity contribution in [2.45, 2.75) is 23.0 Å². The number of ether oxygens (including phenoxy) is 2. The van der Waals surface area contributed by atoms with Crippen molar-refractivity contribution in [3.63, 3.8) is 0 Å². The Bertz CT molecular complexity index is 1230. The molecule has 30 heavy (non-hydrogen) atoms. The quantitative estimate of drug-likeness (QED) is 0.421. The fourth-order valence-corrected chi connectivity index (χ4v) is 3.98. The molecular formula is C21H21N5O3S. The lowest BCUT2D eigenvalue weighted by atomic mass is 10.1. The molecule has 4 rings (SSSR count). The number of aromatic hydroxyl groups is 1. The van der Waals surface area contributed by atoms with E-state index in [9.17, 15) is 5.11 Å². The first-order valence-electron chi connectivity index (χ1n) is 9.25. The molecule has 3 N–H and O–H groups in total. The number of hydrogen-bond donors (Lipinski definition) is 3. The molecule has 0 fully saturated rings. The van der Waals surface area contributed by atoms with Crippen LogP contribution >= 0.6 is 11.8 Å². The molecule has 2 aromatic heterocycles. The number of hydrogen-bond acceptors (Lipinski definition) is 7. The highest BCUT2D eigenvalue weighted by atomic mass is 32.2. The Morgan fingerprint density at radius 3 is 2.67 bits per heavy atom. The topological polar surface area (TPSA) is 109 Å². The van der Waals surface area contributed by atoms with Crippen molar-refractivity contribution >= 4 is 22.9 Å². The highest BCUT2D eigenvalue weighted by Crippen LogP contribution is 2.36. The van der Waals surface area contributed by atoms with Crippen LogP contribution in [0.2, 0.25) is 0 Å². The van der Waals surface area contributed by atoms with Gasteiger partial charge in [-0.25, -0.2) is 9.97 Å². The maximum absolute atomic E-state index is 9.44. The average Bonchev–Trinajstić information content (AvgIpc) is 3.19. The minimum atomic E-state index is 0.142. The first kappa shape index (κ1) is 19.8. The molecule has 2 aromatic carbocycles. The molecule has 2 heterocycles. The average molecular weight is 423 g/mol. The minimum Gasteiger partial charge on any atom is -0.508 e. The summed E-state index contributed by atoms with van der Waals surface area (Å²) in [7, 11) is 3.24. The van der Waals surface area contributed by atoms with E-state index in [0.717, 1.165) is 22.6 Å². The van der Waals surface area contributed by atoms with Crippen LogP contribution < -0.4 is 15.0 Å². The maximum Gasteiger partial charge on any atom is 0.173 e. The highest BCUT2D eigenvalue weighted by molar-refractivity contribution is 7.99. The summed E-state index contributed by atoms with van der Waals surface area (Å²) in [5.74, 6) is 1.68. The van der Waals surface area contributed by atoms with E-state index in [2.05, 4.69) is 9.97 Å². The van der Waals surface area contributed by atoms with Gasteiger partial charge in [0.15, 0.2) is 16.3 Å². The van der Waals surface area contributed by atoms with Crippen LogP contribution in [-0.2, 0) is 13.0 Å². The number of aromatic nitrogens is 4. The summed E-state index contributed by atoms with van der Waals surface area (Å²) in [6, 6.07) is 12.7. The molecule has 0 unspecified atom stereocenters. The van der Waals surface area contributed by atoms with Gasteiger partial charge >= 0.3 is 0 Å². The van der Waals surface area contributed by atoms with Gasteiger partial charge in [0.1, 0.15) is 22.8 Å². The van der Waals surface area contributed by atoms with Gasteiger partial charge in [0.25, 0.3) is 0 Å². The first-order valence-corrected chi connectivity index (χ1v) is 10.1. The third-order valence-corrected chi connectivity index (χ3v) is 5.58. The van der Waals surface area contributed by atoms with Gasteiger partial charge in [-0.1, -0.05) is 12.1 Å². The number of phenolic OH excluding ortho intramolecular Hbond substituents is 1. The molecule has 0 spiro atoms. The highest BCUT2D eigenvalue weighted by Gasteiger charge is 2.13. The van der Waals surface area contributed by atoms with Gasteiger partial charge in [0, 0.05) is 6.54 Å². The molecular weight excluding hydrogens is 402 g/mol. The molecule has 0 bridgehead atoms. The van der Waals surface area contributed by atoms with E-state index < -0.39 is 0 Å². The second kappa shape index (κ2) is 8.50. The number of methoxy groups -OCH3 is 2. The monoisotopic (exact) mass is 423 g/mol. The number of nitrogens with zero attached hydrogens (tertiary/aromatic N) is 3.